The Labute approximate surface area is 129 Å². The van der Waals surface area contributed by atoms with Crippen molar-refractivity contribution in [3.8, 4) is 0 Å². The molecule has 22 heavy (non-hydrogen) atoms. The monoisotopic (exact) mass is 306 g/mol. The second kappa shape index (κ2) is 7.72. The van der Waals surface area contributed by atoms with Crippen molar-refractivity contribution in [2.24, 2.45) is 5.92 Å². The van der Waals surface area contributed by atoms with Gasteiger partial charge in [-0.15, -0.1) is 0 Å². The number of nitrogen functional groups attached to an aromatic ring is 1. The Bertz CT molecular complexity index is 529. The maximum Gasteiger partial charge on any atom is 0.361 e. The molecule has 120 valence electrons. The van der Waals surface area contributed by atoms with Crippen molar-refractivity contribution in [2.75, 3.05) is 12.3 Å². The van der Waals surface area contributed by atoms with Gasteiger partial charge in [-0.2, -0.15) is 0 Å². The Balaban J connectivity index is 1.80. The number of nitrogens with two attached hydrogens (primary N) is 1. The molecule has 2 rings (SSSR count). The number of amides is 1. The summed E-state index contributed by atoms with van der Waals surface area (Å²) in [5.74, 6) is -0.536. The van der Waals surface area contributed by atoms with E-state index >= 15 is 0 Å². The highest BCUT2D eigenvalue weighted by molar-refractivity contribution is 5.93. The maximum atomic E-state index is 12.0. The number of rotatable bonds is 5. The van der Waals surface area contributed by atoms with Gasteiger partial charge in [-0.3, -0.25) is 4.79 Å². The van der Waals surface area contributed by atoms with Crippen LogP contribution in [0.3, 0.4) is 0 Å². The lowest BCUT2D eigenvalue weighted by molar-refractivity contribution is -0.129. The predicted octanol–water partition coefficient (Wildman–Crippen LogP) is 1.30. The normalized spacial score (nSPS) is 16.8. The van der Waals surface area contributed by atoms with Crippen LogP contribution in [0.15, 0.2) is 12.4 Å². The van der Waals surface area contributed by atoms with Gasteiger partial charge in [0, 0.05) is 18.9 Å². The number of hydrogen-bond donors (Lipinski definition) is 2. The van der Waals surface area contributed by atoms with Gasteiger partial charge in [-0.25, -0.2) is 14.8 Å². The van der Waals surface area contributed by atoms with Crippen molar-refractivity contribution in [1.29, 1.82) is 0 Å². The molecule has 7 heteroatoms. The van der Waals surface area contributed by atoms with Gasteiger partial charge in [-0.1, -0.05) is 19.3 Å². The second-order valence-corrected chi connectivity index (χ2v) is 5.59. The van der Waals surface area contributed by atoms with Crippen LogP contribution in [0.2, 0.25) is 0 Å². The molecular formula is C15H22N4O3. The summed E-state index contributed by atoms with van der Waals surface area (Å²) >= 11 is 0. The van der Waals surface area contributed by atoms with Crippen LogP contribution in [0.25, 0.3) is 0 Å². The summed E-state index contributed by atoms with van der Waals surface area (Å²) in [4.78, 5) is 31.5. The SMILES string of the molecule is C[C@H](OC(=O)c1nccnc1N)C(=O)NCC1CCCCC1. The lowest BCUT2D eigenvalue weighted by Crippen LogP contribution is -2.39. The Morgan fingerprint density at radius 3 is 2.68 bits per heavy atom. The van der Waals surface area contributed by atoms with Crippen LogP contribution in [0, 0.1) is 5.92 Å². The van der Waals surface area contributed by atoms with E-state index in [1.54, 1.807) is 0 Å². The van der Waals surface area contributed by atoms with Crippen molar-refractivity contribution < 1.29 is 14.3 Å². The Hall–Kier alpha value is -2.18. The molecule has 1 fully saturated rings. The summed E-state index contributed by atoms with van der Waals surface area (Å²) in [5.41, 5.74) is 5.48. The van der Waals surface area contributed by atoms with E-state index in [9.17, 15) is 9.59 Å². The lowest BCUT2D eigenvalue weighted by Gasteiger charge is -2.22. The average molecular weight is 306 g/mol. The summed E-state index contributed by atoms with van der Waals surface area (Å²) in [6.45, 7) is 2.16. The van der Waals surface area contributed by atoms with Gasteiger partial charge >= 0.3 is 5.97 Å². The van der Waals surface area contributed by atoms with E-state index in [4.69, 9.17) is 10.5 Å². The van der Waals surface area contributed by atoms with Gasteiger partial charge < -0.3 is 15.8 Å². The van der Waals surface area contributed by atoms with Gasteiger partial charge in [0.2, 0.25) is 0 Å². The van der Waals surface area contributed by atoms with E-state index in [1.807, 2.05) is 0 Å². The molecule has 0 aliphatic heterocycles. The molecule has 0 aromatic carbocycles. The number of anilines is 1. The van der Waals surface area contributed by atoms with Crippen LogP contribution in [0.4, 0.5) is 5.82 Å². The van der Waals surface area contributed by atoms with E-state index in [-0.39, 0.29) is 17.4 Å². The number of nitrogens with zero attached hydrogens (tertiary/aromatic N) is 2. The van der Waals surface area contributed by atoms with Gasteiger partial charge in [0.15, 0.2) is 17.6 Å². The summed E-state index contributed by atoms with van der Waals surface area (Å²) < 4.78 is 5.09. The zero-order valence-electron chi connectivity index (χ0n) is 12.7. The predicted molar refractivity (Wildman–Crippen MR) is 80.9 cm³/mol. The Morgan fingerprint density at radius 2 is 2.00 bits per heavy atom. The van der Waals surface area contributed by atoms with Crippen LogP contribution in [0.1, 0.15) is 49.5 Å². The molecule has 0 radical (unpaired) electrons. The van der Waals surface area contributed by atoms with E-state index in [0.29, 0.717) is 12.5 Å². The highest BCUT2D eigenvalue weighted by Gasteiger charge is 2.22. The first kappa shape index (κ1) is 16.2. The smallest absolute Gasteiger partial charge is 0.361 e. The van der Waals surface area contributed by atoms with Crippen LogP contribution in [0.5, 0.6) is 0 Å². The van der Waals surface area contributed by atoms with Crippen molar-refractivity contribution in [2.45, 2.75) is 45.1 Å². The minimum atomic E-state index is -0.891. The van der Waals surface area contributed by atoms with Gasteiger partial charge in [0.25, 0.3) is 5.91 Å². The van der Waals surface area contributed by atoms with Gasteiger partial charge in [0.05, 0.1) is 0 Å². The molecule has 7 nitrogen and oxygen atoms in total. The molecular weight excluding hydrogens is 284 g/mol. The van der Waals surface area contributed by atoms with E-state index < -0.39 is 12.1 Å². The summed E-state index contributed by atoms with van der Waals surface area (Å²) in [7, 11) is 0. The Morgan fingerprint density at radius 1 is 1.32 bits per heavy atom. The number of carbonyl (C=O) groups is 2. The van der Waals surface area contributed by atoms with Crippen molar-refractivity contribution in [1.82, 2.24) is 15.3 Å². The molecule has 1 aliphatic rings. The minimum Gasteiger partial charge on any atom is -0.448 e. The Kier molecular flexibility index (Phi) is 5.68. The molecule has 0 bridgehead atoms. The number of esters is 1. The number of hydrogen-bond acceptors (Lipinski definition) is 6. The molecule has 1 atom stereocenters. The number of carbonyl (C=O) groups excluding carboxylic acids is 2. The molecule has 1 aromatic rings. The molecule has 1 saturated carbocycles. The topological polar surface area (TPSA) is 107 Å². The highest BCUT2D eigenvalue weighted by Crippen LogP contribution is 2.22. The molecule has 1 amide bonds. The van der Waals surface area contributed by atoms with Crippen LogP contribution in [-0.4, -0.2) is 34.5 Å². The molecule has 0 spiro atoms. The third-order valence-corrected chi connectivity index (χ3v) is 3.86. The fourth-order valence-electron chi connectivity index (χ4n) is 2.56. The molecule has 3 N–H and O–H groups in total. The number of nitrogens with one attached hydrogen (secondary N) is 1. The van der Waals surface area contributed by atoms with Crippen LogP contribution >= 0.6 is 0 Å². The zero-order valence-corrected chi connectivity index (χ0v) is 12.7. The van der Waals surface area contributed by atoms with E-state index in [0.717, 1.165) is 12.8 Å². The summed E-state index contributed by atoms with van der Waals surface area (Å²) in [6.07, 6.45) is 7.84. The third kappa shape index (κ3) is 4.41. The third-order valence-electron chi connectivity index (χ3n) is 3.86. The first-order valence-corrected chi connectivity index (χ1v) is 7.63. The van der Waals surface area contributed by atoms with E-state index in [2.05, 4.69) is 15.3 Å². The number of ether oxygens (including phenoxy) is 1. The van der Waals surface area contributed by atoms with Gasteiger partial charge in [0.1, 0.15) is 0 Å². The molecule has 1 aromatic heterocycles. The van der Waals surface area contributed by atoms with Gasteiger partial charge in [-0.05, 0) is 25.7 Å². The average Bonchev–Trinajstić information content (AvgIpc) is 2.53. The molecule has 0 saturated heterocycles. The van der Waals surface area contributed by atoms with Crippen molar-refractivity contribution >= 4 is 17.7 Å². The molecule has 1 aliphatic carbocycles. The number of aromatic nitrogens is 2. The molecule has 1 heterocycles. The standard InChI is InChI=1S/C15H22N4O3/c1-10(14(20)19-9-11-5-3-2-4-6-11)22-15(21)12-13(16)18-8-7-17-12/h7-8,10-11H,2-6,9H2,1H3,(H2,16,18)(H,19,20)/t10-/m0/s1. The second-order valence-electron chi connectivity index (χ2n) is 5.59. The zero-order chi connectivity index (χ0) is 15.9. The first-order chi connectivity index (χ1) is 10.6. The summed E-state index contributed by atoms with van der Waals surface area (Å²) in [6, 6.07) is 0. The largest absolute Gasteiger partial charge is 0.448 e. The molecule has 0 unspecified atom stereocenters. The quantitative estimate of drug-likeness (QED) is 0.794. The lowest BCUT2D eigenvalue weighted by atomic mass is 9.89. The maximum absolute atomic E-state index is 12.0. The summed E-state index contributed by atoms with van der Waals surface area (Å²) in [5, 5.41) is 2.84. The fourth-order valence-corrected chi connectivity index (χ4v) is 2.56. The highest BCUT2D eigenvalue weighted by atomic mass is 16.5. The fraction of sp³-hybridized carbons (Fsp3) is 0.600. The van der Waals surface area contributed by atoms with E-state index in [1.165, 1.54) is 38.6 Å². The van der Waals surface area contributed by atoms with Crippen molar-refractivity contribution in [3.63, 3.8) is 0 Å². The first-order valence-electron chi connectivity index (χ1n) is 7.63. The minimum absolute atomic E-state index is 0.0117. The van der Waals surface area contributed by atoms with Crippen LogP contribution < -0.4 is 11.1 Å². The van der Waals surface area contributed by atoms with Crippen LogP contribution in [-0.2, 0) is 9.53 Å². The van der Waals surface area contributed by atoms with Crippen molar-refractivity contribution in [3.05, 3.63) is 18.1 Å².